The Morgan fingerprint density at radius 3 is 2.54 bits per heavy atom. The Kier molecular flexibility index (Phi) is 5.24. The van der Waals surface area contributed by atoms with Gasteiger partial charge in [0, 0.05) is 28.5 Å². The number of rotatable bonds is 2. The standard InChI is InChI=1S/C24H25BrN2O/c1-15-5-4-6-18(10-15)23-12-21(20-11-19(25)7-8-22(20)26-23)24(28)27-13-16(2)9-17(3)14-27/h4-8,10-12,16-17H,9,13-14H2,1-3H3/t16-,17+. The summed E-state index contributed by atoms with van der Waals surface area (Å²) in [5.74, 6) is 1.17. The zero-order chi connectivity index (χ0) is 19.8. The van der Waals surface area contributed by atoms with Crippen LogP contribution in [0.3, 0.4) is 0 Å². The predicted octanol–water partition coefficient (Wildman–Crippen LogP) is 6.09. The van der Waals surface area contributed by atoms with E-state index in [4.69, 9.17) is 4.98 Å². The number of fused-ring (bicyclic) bond motifs is 1. The van der Waals surface area contributed by atoms with E-state index in [9.17, 15) is 4.79 Å². The highest BCUT2D eigenvalue weighted by atomic mass is 79.9. The van der Waals surface area contributed by atoms with Gasteiger partial charge >= 0.3 is 0 Å². The molecule has 1 aliphatic heterocycles. The topological polar surface area (TPSA) is 33.2 Å². The van der Waals surface area contributed by atoms with Crippen LogP contribution in [-0.4, -0.2) is 28.9 Å². The molecular formula is C24H25BrN2O. The fourth-order valence-corrected chi connectivity index (χ4v) is 4.69. The summed E-state index contributed by atoms with van der Waals surface area (Å²) < 4.78 is 0.958. The van der Waals surface area contributed by atoms with E-state index in [2.05, 4.69) is 54.9 Å². The number of amides is 1. The molecule has 1 saturated heterocycles. The molecule has 1 aromatic heterocycles. The van der Waals surface area contributed by atoms with Gasteiger partial charge in [-0.15, -0.1) is 0 Å². The lowest BCUT2D eigenvalue weighted by Crippen LogP contribution is -2.42. The molecule has 1 fully saturated rings. The molecule has 4 heteroatoms. The van der Waals surface area contributed by atoms with Gasteiger partial charge in [0.25, 0.3) is 5.91 Å². The minimum absolute atomic E-state index is 0.109. The van der Waals surface area contributed by atoms with Crippen molar-refractivity contribution in [3.63, 3.8) is 0 Å². The van der Waals surface area contributed by atoms with Crippen LogP contribution in [0.5, 0.6) is 0 Å². The van der Waals surface area contributed by atoms with Gasteiger partial charge in [0.05, 0.1) is 16.8 Å². The molecular weight excluding hydrogens is 412 g/mol. The van der Waals surface area contributed by atoms with E-state index in [0.29, 0.717) is 11.8 Å². The lowest BCUT2D eigenvalue weighted by molar-refractivity contribution is 0.0625. The summed E-state index contributed by atoms with van der Waals surface area (Å²) in [5, 5.41) is 0.904. The molecule has 28 heavy (non-hydrogen) atoms. The smallest absolute Gasteiger partial charge is 0.254 e. The van der Waals surface area contributed by atoms with Gasteiger partial charge in [0.2, 0.25) is 0 Å². The first kappa shape index (κ1) is 19.1. The first-order valence-corrected chi connectivity index (χ1v) is 10.7. The van der Waals surface area contributed by atoms with Crippen molar-refractivity contribution in [1.82, 2.24) is 9.88 Å². The Morgan fingerprint density at radius 1 is 1.07 bits per heavy atom. The van der Waals surface area contributed by atoms with Crippen molar-refractivity contribution < 1.29 is 4.79 Å². The van der Waals surface area contributed by atoms with Crippen LogP contribution in [0.1, 0.15) is 36.2 Å². The lowest BCUT2D eigenvalue weighted by atomic mass is 9.91. The average Bonchev–Trinajstić information content (AvgIpc) is 2.66. The quantitative estimate of drug-likeness (QED) is 0.486. The Morgan fingerprint density at radius 2 is 1.82 bits per heavy atom. The van der Waals surface area contributed by atoms with Crippen molar-refractivity contribution in [2.45, 2.75) is 27.2 Å². The summed E-state index contributed by atoms with van der Waals surface area (Å²) in [6.45, 7) is 8.18. The number of aromatic nitrogens is 1. The number of aryl methyl sites for hydroxylation is 1. The molecule has 0 spiro atoms. The third-order valence-electron chi connectivity index (χ3n) is 5.47. The molecule has 2 heterocycles. The second-order valence-corrected chi connectivity index (χ2v) is 9.16. The number of benzene rings is 2. The normalized spacial score (nSPS) is 19.8. The minimum Gasteiger partial charge on any atom is -0.338 e. The second-order valence-electron chi connectivity index (χ2n) is 8.24. The van der Waals surface area contributed by atoms with E-state index in [1.165, 1.54) is 12.0 Å². The summed E-state index contributed by atoms with van der Waals surface area (Å²) in [6.07, 6.45) is 1.18. The summed E-state index contributed by atoms with van der Waals surface area (Å²) in [6, 6.07) is 16.2. The average molecular weight is 437 g/mol. The Hall–Kier alpha value is -2.20. The van der Waals surface area contributed by atoms with Crippen molar-refractivity contribution in [1.29, 1.82) is 0 Å². The van der Waals surface area contributed by atoms with Gasteiger partial charge in [0.15, 0.2) is 0 Å². The van der Waals surface area contributed by atoms with Crippen LogP contribution in [0.15, 0.2) is 53.0 Å². The summed E-state index contributed by atoms with van der Waals surface area (Å²) >= 11 is 3.55. The first-order chi connectivity index (χ1) is 13.4. The molecule has 0 saturated carbocycles. The number of carbonyl (C=O) groups excluding carboxylic acids is 1. The Bertz CT molecular complexity index is 1040. The highest BCUT2D eigenvalue weighted by Gasteiger charge is 2.27. The van der Waals surface area contributed by atoms with Gasteiger partial charge in [-0.05, 0) is 55.5 Å². The molecule has 2 atom stereocenters. The molecule has 144 valence electrons. The monoisotopic (exact) mass is 436 g/mol. The van der Waals surface area contributed by atoms with Gasteiger partial charge in [-0.1, -0.05) is 53.5 Å². The van der Waals surface area contributed by atoms with E-state index >= 15 is 0 Å². The van der Waals surface area contributed by atoms with Gasteiger partial charge in [-0.2, -0.15) is 0 Å². The molecule has 0 unspecified atom stereocenters. The Balaban J connectivity index is 1.85. The molecule has 0 radical (unpaired) electrons. The van der Waals surface area contributed by atoms with Crippen molar-refractivity contribution in [3.8, 4) is 11.3 Å². The minimum atomic E-state index is 0.109. The molecule has 2 aromatic carbocycles. The van der Waals surface area contributed by atoms with Crippen molar-refractivity contribution in [2.24, 2.45) is 11.8 Å². The molecule has 1 aliphatic rings. The number of pyridine rings is 1. The highest BCUT2D eigenvalue weighted by Crippen LogP contribution is 2.30. The summed E-state index contributed by atoms with van der Waals surface area (Å²) in [5.41, 5.74) is 4.66. The van der Waals surface area contributed by atoms with Gasteiger partial charge < -0.3 is 4.90 Å². The fourth-order valence-electron chi connectivity index (χ4n) is 4.33. The summed E-state index contributed by atoms with van der Waals surface area (Å²) in [4.78, 5) is 20.4. The number of hydrogen-bond donors (Lipinski definition) is 0. The SMILES string of the molecule is Cc1cccc(-c2cc(C(=O)N3C[C@H](C)C[C@H](C)C3)c3cc(Br)ccc3n2)c1. The summed E-state index contributed by atoms with van der Waals surface area (Å²) in [7, 11) is 0. The number of piperidine rings is 1. The van der Waals surface area contributed by atoms with Crippen LogP contribution in [0.2, 0.25) is 0 Å². The van der Waals surface area contributed by atoms with E-state index in [1.807, 2.05) is 35.2 Å². The first-order valence-electron chi connectivity index (χ1n) is 9.87. The number of carbonyl (C=O) groups is 1. The largest absolute Gasteiger partial charge is 0.338 e. The Labute approximate surface area is 174 Å². The molecule has 4 rings (SSSR count). The number of halogens is 1. The van der Waals surface area contributed by atoms with E-state index in [0.717, 1.165) is 45.3 Å². The maximum absolute atomic E-state index is 13.5. The second kappa shape index (κ2) is 7.67. The van der Waals surface area contributed by atoms with Crippen LogP contribution >= 0.6 is 15.9 Å². The molecule has 0 bridgehead atoms. The van der Waals surface area contributed by atoms with Crippen molar-refractivity contribution in [3.05, 3.63) is 64.1 Å². The highest BCUT2D eigenvalue weighted by molar-refractivity contribution is 9.10. The third kappa shape index (κ3) is 3.83. The van der Waals surface area contributed by atoms with E-state index in [1.54, 1.807) is 0 Å². The zero-order valence-corrected chi connectivity index (χ0v) is 18.2. The molecule has 3 aromatic rings. The van der Waals surface area contributed by atoms with Crippen LogP contribution in [-0.2, 0) is 0 Å². The molecule has 0 N–H and O–H groups in total. The van der Waals surface area contributed by atoms with Crippen molar-refractivity contribution in [2.75, 3.05) is 13.1 Å². The lowest BCUT2D eigenvalue weighted by Gasteiger charge is -2.35. The molecule has 0 aliphatic carbocycles. The predicted molar refractivity (Wildman–Crippen MR) is 118 cm³/mol. The fraction of sp³-hybridized carbons (Fsp3) is 0.333. The third-order valence-corrected chi connectivity index (χ3v) is 5.96. The molecule has 1 amide bonds. The van der Waals surface area contributed by atoms with Gasteiger partial charge in [0.1, 0.15) is 0 Å². The van der Waals surface area contributed by atoms with Crippen LogP contribution < -0.4 is 0 Å². The number of hydrogen-bond acceptors (Lipinski definition) is 2. The number of likely N-dealkylation sites (tertiary alicyclic amines) is 1. The number of nitrogens with zero attached hydrogens (tertiary/aromatic N) is 2. The van der Waals surface area contributed by atoms with E-state index < -0.39 is 0 Å². The van der Waals surface area contributed by atoms with Crippen LogP contribution in [0.25, 0.3) is 22.2 Å². The van der Waals surface area contributed by atoms with Crippen LogP contribution in [0.4, 0.5) is 0 Å². The van der Waals surface area contributed by atoms with Gasteiger partial charge in [-0.25, -0.2) is 4.98 Å². The van der Waals surface area contributed by atoms with Crippen molar-refractivity contribution >= 4 is 32.7 Å². The zero-order valence-electron chi connectivity index (χ0n) is 16.6. The maximum Gasteiger partial charge on any atom is 0.254 e. The maximum atomic E-state index is 13.5. The molecule has 3 nitrogen and oxygen atoms in total. The van der Waals surface area contributed by atoms with Gasteiger partial charge in [-0.3, -0.25) is 4.79 Å². The van der Waals surface area contributed by atoms with E-state index in [-0.39, 0.29) is 5.91 Å². The van der Waals surface area contributed by atoms with Crippen LogP contribution in [0, 0.1) is 18.8 Å².